The second kappa shape index (κ2) is 12.1. The summed E-state index contributed by atoms with van der Waals surface area (Å²) >= 11 is 0. The normalized spacial score (nSPS) is 17.6. The molecule has 2 amide bonds. The number of alkyl halides is 8. The quantitative estimate of drug-likeness (QED) is 0.231. The number of amides is 2. The van der Waals surface area contributed by atoms with E-state index in [1.165, 1.54) is 0 Å². The summed E-state index contributed by atoms with van der Waals surface area (Å²) in [6.45, 7) is 0.997. The second-order valence-corrected chi connectivity index (χ2v) is 10.9. The van der Waals surface area contributed by atoms with Crippen molar-refractivity contribution in [1.82, 2.24) is 25.1 Å². The number of aromatic amines is 1. The number of nitrogens with one attached hydrogen (secondary N) is 2. The van der Waals surface area contributed by atoms with E-state index in [9.17, 15) is 44.7 Å². The number of aryl methyl sites for hydroxylation is 1. The number of aromatic nitrogens is 4. The van der Waals surface area contributed by atoms with Crippen LogP contribution in [-0.2, 0) is 11.3 Å². The Kier molecular flexibility index (Phi) is 9.07. The average molecular weight is 623 g/mol. The van der Waals surface area contributed by atoms with Crippen molar-refractivity contribution in [2.24, 2.45) is 11.7 Å². The molecule has 43 heavy (non-hydrogen) atoms. The zero-order valence-corrected chi connectivity index (χ0v) is 23.0. The molecule has 0 saturated heterocycles. The minimum Gasteiger partial charge on any atom is -0.365 e. The first kappa shape index (κ1) is 32.2. The first-order valence-electron chi connectivity index (χ1n) is 13.6. The zero-order chi connectivity index (χ0) is 31.7. The highest BCUT2D eigenvalue weighted by atomic mass is 19.4. The molecule has 1 aliphatic rings. The van der Waals surface area contributed by atoms with Gasteiger partial charge in [-0.1, -0.05) is 6.07 Å². The molecule has 2 heterocycles. The van der Waals surface area contributed by atoms with E-state index < -0.39 is 86.6 Å². The fraction of sp³-hybridized carbons (Fsp3) is 0.556. The molecule has 0 radical (unpaired) electrons. The number of benzene rings is 1. The summed E-state index contributed by atoms with van der Waals surface area (Å²) < 4.78 is 105. The van der Waals surface area contributed by atoms with Gasteiger partial charge in [0.2, 0.25) is 11.8 Å². The van der Waals surface area contributed by atoms with Gasteiger partial charge in [0.05, 0.1) is 47.1 Å². The second-order valence-electron chi connectivity index (χ2n) is 10.9. The molecule has 236 valence electrons. The Bertz CT molecular complexity index is 1450. The number of carbonyl (C=O) groups is 2. The van der Waals surface area contributed by atoms with Crippen molar-refractivity contribution in [2.45, 2.75) is 88.6 Å². The van der Waals surface area contributed by atoms with E-state index in [4.69, 9.17) is 5.73 Å². The molecule has 8 nitrogen and oxygen atoms in total. The average Bonchev–Trinajstić information content (AvgIpc) is 3.51. The lowest BCUT2D eigenvalue weighted by molar-refractivity contribution is -0.144. The van der Waals surface area contributed by atoms with Gasteiger partial charge in [-0.15, -0.1) is 0 Å². The van der Waals surface area contributed by atoms with Crippen LogP contribution in [0.25, 0.3) is 11.0 Å². The number of imidazole rings is 1. The van der Waals surface area contributed by atoms with Crippen LogP contribution in [0.5, 0.6) is 0 Å². The molecule has 0 spiro atoms. The van der Waals surface area contributed by atoms with Crippen LogP contribution in [0.15, 0.2) is 24.4 Å². The Morgan fingerprint density at radius 3 is 2.37 bits per heavy atom. The third kappa shape index (κ3) is 8.44. The molecule has 0 bridgehead atoms. The summed E-state index contributed by atoms with van der Waals surface area (Å²) in [6.07, 6.45) is -11.9. The molecule has 2 aromatic heterocycles. The monoisotopic (exact) mass is 622 g/mol. The van der Waals surface area contributed by atoms with Crippen molar-refractivity contribution < 1.29 is 44.7 Å². The molecule has 1 fully saturated rings. The highest BCUT2D eigenvalue weighted by Gasteiger charge is 2.41. The molecule has 3 aromatic rings. The standard InChI is InChI=1S/C27H30F8N6O2/c1-14(37-20(42)6-9-26(30,31)32)16-2-3-18-19(12-16)39-24(38-18)21(15-4-7-25(28,29)8-5-15)22-17(23(36)43)13-41(40-22)11-10-27(33,34)35/h2-3,12-15,21H,4-11H2,1H3,(H2,36,43)(H,37,42)(H,38,39)/t14-,21+/m1/s1. The smallest absolute Gasteiger partial charge is 0.365 e. The molecular weight excluding hydrogens is 592 g/mol. The summed E-state index contributed by atoms with van der Waals surface area (Å²) in [7, 11) is 0. The Morgan fingerprint density at radius 1 is 1.12 bits per heavy atom. The van der Waals surface area contributed by atoms with Crippen LogP contribution in [0, 0.1) is 5.92 Å². The minimum atomic E-state index is -4.49. The molecule has 1 saturated carbocycles. The summed E-state index contributed by atoms with van der Waals surface area (Å²) in [6, 6.07) is 4.15. The molecule has 1 aromatic carbocycles. The first-order chi connectivity index (χ1) is 19.9. The van der Waals surface area contributed by atoms with Gasteiger partial charge in [0.25, 0.3) is 5.91 Å². The number of hydrogen-bond donors (Lipinski definition) is 3. The van der Waals surface area contributed by atoms with Gasteiger partial charge in [-0.25, -0.2) is 13.8 Å². The van der Waals surface area contributed by atoms with Crippen molar-refractivity contribution in [3.05, 3.63) is 47.0 Å². The molecule has 16 heteroatoms. The fourth-order valence-electron chi connectivity index (χ4n) is 5.30. The zero-order valence-electron chi connectivity index (χ0n) is 23.0. The number of H-pyrrole nitrogens is 1. The van der Waals surface area contributed by atoms with E-state index in [2.05, 4.69) is 20.4 Å². The first-order valence-corrected chi connectivity index (χ1v) is 13.6. The molecular formula is C27H30F8N6O2. The summed E-state index contributed by atoms with van der Waals surface area (Å²) in [5.41, 5.74) is 6.81. The Balaban J connectivity index is 1.67. The largest absolute Gasteiger partial charge is 0.390 e. The van der Waals surface area contributed by atoms with Crippen molar-refractivity contribution >= 4 is 22.8 Å². The van der Waals surface area contributed by atoms with Crippen molar-refractivity contribution in [2.75, 3.05) is 0 Å². The van der Waals surface area contributed by atoms with Crippen molar-refractivity contribution in [3.63, 3.8) is 0 Å². The molecule has 0 aliphatic heterocycles. The van der Waals surface area contributed by atoms with Gasteiger partial charge in [-0.2, -0.15) is 31.4 Å². The van der Waals surface area contributed by atoms with Crippen molar-refractivity contribution in [1.29, 1.82) is 0 Å². The van der Waals surface area contributed by atoms with Crippen LogP contribution in [0.2, 0.25) is 0 Å². The maximum absolute atomic E-state index is 14.0. The highest BCUT2D eigenvalue weighted by Crippen LogP contribution is 2.45. The Labute approximate surface area is 240 Å². The summed E-state index contributed by atoms with van der Waals surface area (Å²) in [5, 5.41) is 6.75. The molecule has 0 unspecified atom stereocenters. The van der Waals surface area contributed by atoms with Crippen LogP contribution >= 0.6 is 0 Å². The number of halogens is 8. The number of carbonyl (C=O) groups excluding carboxylic acids is 2. The van der Waals surface area contributed by atoms with E-state index in [0.29, 0.717) is 16.6 Å². The predicted octanol–water partition coefficient (Wildman–Crippen LogP) is 6.29. The Morgan fingerprint density at radius 2 is 1.77 bits per heavy atom. The lowest BCUT2D eigenvalue weighted by Crippen LogP contribution is -2.29. The minimum absolute atomic E-state index is 0.0224. The van der Waals surface area contributed by atoms with Gasteiger partial charge in [0, 0.05) is 32.0 Å². The van der Waals surface area contributed by atoms with Gasteiger partial charge < -0.3 is 16.0 Å². The lowest BCUT2D eigenvalue weighted by atomic mass is 9.76. The van der Waals surface area contributed by atoms with E-state index in [0.717, 1.165) is 10.9 Å². The molecule has 4 rings (SSSR count). The van der Waals surface area contributed by atoms with Crippen LogP contribution in [0.4, 0.5) is 35.1 Å². The van der Waals surface area contributed by atoms with Crippen LogP contribution in [-0.4, -0.2) is 49.8 Å². The number of primary amides is 1. The number of rotatable bonds is 10. The molecule has 4 N–H and O–H groups in total. The fourth-order valence-corrected chi connectivity index (χ4v) is 5.30. The predicted molar refractivity (Wildman–Crippen MR) is 138 cm³/mol. The summed E-state index contributed by atoms with van der Waals surface area (Å²) in [4.78, 5) is 32.0. The van der Waals surface area contributed by atoms with E-state index in [-0.39, 0.29) is 29.9 Å². The van der Waals surface area contributed by atoms with Gasteiger partial charge >= 0.3 is 12.4 Å². The molecule has 2 atom stereocenters. The number of hydrogen-bond acceptors (Lipinski definition) is 4. The topological polar surface area (TPSA) is 119 Å². The number of fused-ring (bicyclic) bond motifs is 1. The summed E-state index contributed by atoms with van der Waals surface area (Å²) in [5.74, 6) is -5.79. The van der Waals surface area contributed by atoms with Gasteiger partial charge in [-0.05, 0) is 43.4 Å². The Hall–Kier alpha value is -3.72. The molecule has 1 aliphatic carbocycles. The van der Waals surface area contributed by atoms with Crippen LogP contribution in [0.1, 0.15) is 91.3 Å². The van der Waals surface area contributed by atoms with E-state index in [1.807, 2.05) is 0 Å². The maximum atomic E-state index is 14.0. The van der Waals surface area contributed by atoms with Gasteiger partial charge in [0.15, 0.2) is 0 Å². The SMILES string of the molecule is C[C@@H](NC(=O)CCC(F)(F)F)c1ccc2nc([C@H](c3nn(CCC(F)(F)F)cc3C(N)=O)C3CCC(F)(F)CC3)[nH]c2c1. The number of nitrogens with zero attached hydrogens (tertiary/aromatic N) is 3. The van der Waals surface area contributed by atoms with Crippen molar-refractivity contribution in [3.8, 4) is 0 Å². The van der Waals surface area contributed by atoms with Crippen LogP contribution in [0.3, 0.4) is 0 Å². The highest BCUT2D eigenvalue weighted by molar-refractivity contribution is 5.94. The van der Waals surface area contributed by atoms with Gasteiger partial charge in [-0.3, -0.25) is 14.3 Å². The van der Waals surface area contributed by atoms with Crippen LogP contribution < -0.4 is 11.1 Å². The maximum Gasteiger partial charge on any atom is 0.390 e. The lowest BCUT2D eigenvalue weighted by Gasteiger charge is -2.32. The third-order valence-corrected chi connectivity index (χ3v) is 7.54. The number of nitrogens with two attached hydrogens (primary N) is 1. The third-order valence-electron chi connectivity index (χ3n) is 7.54. The van der Waals surface area contributed by atoms with E-state index >= 15 is 0 Å². The van der Waals surface area contributed by atoms with E-state index in [1.54, 1.807) is 25.1 Å². The van der Waals surface area contributed by atoms with Gasteiger partial charge in [0.1, 0.15) is 5.82 Å².